The minimum absolute atomic E-state index is 0.275. The number of amides is 1. The summed E-state index contributed by atoms with van der Waals surface area (Å²) in [7, 11) is 0. The van der Waals surface area contributed by atoms with Gasteiger partial charge in [0.1, 0.15) is 0 Å². The highest BCUT2D eigenvalue weighted by Crippen LogP contribution is 2.21. The zero-order valence-corrected chi connectivity index (χ0v) is 16.6. The van der Waals surface area contributed by atoms with Crippen LogP contribution >= 0.6 is 11.3 Å². The first kappa shape index (κ1) is 19.1. The fourth-order valence-electron chi connectivity index (χ4n) is 3.42. The van der Waals surface area contributed by atoms with Crippen LogP contribution in [0, 0.1) is 6.92 Å². The third-order valence-corrected chi connectivity index (χ3v) is 6.19. The van der Waals surface area contributed by atoms with Gasteiger partial charge in [-0.15, -0.1) is 11.3 Å². The molecule has 140 valence electrons. The summed E-state index contributed by atoms with van der Waals surface area (Å²) >= 11 is 1.83. The maximum Gasteiger partial charge on any atom is 0.222 e. The van der Waals surface area contributed by atoms with Gasteiger partial charge in [-0.25, -0.2) is 4.98 Å². The predicted octanol–water partition coefficient (Wildman–Crippen LogP) is 4.07. The molecule has 4 nitrogen and oxygen atoms in total. The lowest BCUT2D eigenvalue weighted by molar-refractivity contribution is -0.131. The van der Waals surface area contributed by atoms with Crippen LogP contribution in [0.15, 0.2) is 30.3 Å². The van der Waals surface area contributed by atoms with Crippen LogP contribution in [0.5, 0.6) is 0 Å². The Kier molecular flexibility index (Phi) is 6.80. The molecular weight excluding hydrogens is 342 g/mol. The SMILES string of the molecule is CCCc1nc(C)c(CN[C@H]2CCC(=O)N(Cc3ccccc3)CC2)s1. The van der Waals surface area contributed by atoms with Gasteiger partial charge in [-0.2, -0.15) is 0 Å². The maximum atomic E-state index is 12.5. The number of carbonyl (C=O) groups excluding carboxylic acids is 1. The zero-order valence-electron chi connectivity index (χ0n) is 15.8. The van der Waals surface area contributed by atoms with E-state index in [0.717, 1.165) is 51.0 Å². The number of aromatic nitrogens is 1. The maximum absolute atomic E-state index is 12.5. The van der Waals surface area contributed by atoms with E-state index < -0.39 is 0 Å². The van der Waals surface area contributed by atoms with Crippen molar-refractivity contribution in [1.29, 1.82) is 0 Å². The van der Waals surface area contributed by atoms with Crippen molar-refractivity contribution in [3.05, 3.63) is 51.5 Å². The van der Waals surface area contributed by atoms with Gasteiger partial charge in [-0.1, -0.05) is 37.3 Å². The van der Waals surface area contributed by atoms with Crippen molar-refractivity contribution < 1.29 is 4.79 Å². The molecule has 1 amide bonds. The lowest BCUT2D eigenvalue weighted by Gasteiger charge is -2.21. The molecule has 0 aliphatic carbocycles. The standard InChI is InChI=1S/C21H29N3OS/c1-3-7-20-23-16(2)19(26-20)14-22-18-10-11-21(25)24(13-12-18)15-17-8-5-4-6-9-17/h4-6,8-9,18,22H,3,7,10-15H2,1-2H3/t18-/m0/s1. The molecule has 0 saturated carbocycles. The molecule has 1 fully saturated rings. The Morgan fingerprint density at radius 1 is 1.27 bits per heavy atom. The van der Waals surface area contributed by atoms with E-state index in [1.807, 2.05) is 34.4 Å². The third kappa shape index (κ3) is 5.15. The summed E-state index contributed by atoms with van der Waals surface area (Å²) < 4.78 is 0. The quantitative estimate of drug-likeness (QED) is 0.798. The molecular formula is C21H29N3OS. The molecule has 1 aliphatic rings. The summed E-state index contributed by atoms with van der Waals surface area (Å²) in [6.07, 6.45) is 4.77. The van der Waals surface area contributed by atoms with Gasteiger partial charge in [0, 0.05) is 37.0 Å². The number of likely N-dealkylation sites (tertiary alicyclic amines) is 1. The van der Waals surface area contributed by atoms with E-state index in [4.69, 9.17) is 0 Å². The van der Waals surface area contributed by atoms with Crippen molar-refractivity contribution in [3.8, 4) is 0 Å². The zero-order chi connectivity index (χ0) is 18.4. The van der Waals surface area contributed by atoms with Gasteiger partial charge in [0.2, 0.25) is 5.91 Å². The van der Waals surface area contributed by atoms with Gasteiger partial charge in [-0.3, -0.25) is 4.79 Å². The molecule has 2 heterocycles. The van der Waals surface area contributed by atoms with Crippen molar-refractivity contribution in [2.24, 2.45) is 0 Å². The van der Waals surface area contributed by atoms with E-state index in [1.54, 1.807) is 0 Å². The highest BCUT2D eigenvalue weighted by molar-refractivity contribution is 7.11. The van der Waals surface area contributed by atoms with Crippen LogP contribution in [0.1, 0.15) is 53.7 Å². The van der Waals surface area contributed by atoms with E-state index in [1.165, 1.54) is 15.4 Å². The van der Waals surface area contributed by atoms with Gasteiger partial charge < -0.3 is 10.2 Å². The molecule has 1 saturated heterocycles. The molecule has 1 aromatic carbocycles. The Bertz CT molecular complexity index is 713. The van der Waals surface area contributed by atoms with E-state index in [9.17, 15) is 4.79 Å². The van der Waals surface area contributed by atoms with Crippen LogP contribution in [0.25, 0.3) is 0 Å². The van der Waals surface area contributed by atoms with Crippen molar-refractivity contribution in [1.82, 2.24) is 15.2 Å². The molecule has 0 unspecified atom stereocenters. The molecule has 26 heavy (non-hydrogen) atoms. The monoisotopic (exact) mass is 371 g/mol. The van der Waals surface area contributed by atoms with Crippen molar-refractivity contribution in [2.45, 2.75) is 65.1 Å². The first-order valence-electron chi connectivity index (χ1n) is 9.66. The Balaban J connectivity index is 1.52. The minimum Gasteiger partial charge on any atom is -0.338 e. The molecule has 1 aliphatic heterocycles. The highest BCUT2D eigenvalue weighted by Gasteiger charge is 2.22. The first-order valence-corrected chi connectivity index (χ1v) is 10.5. The second kappa shape index (κ2) is 9.28. The van der Waals surface area contributed by atoms with Gasteiger partial charge in [0.25, 0.3) is 0 Å². The number of nitrogens with one attached hydrogen (secondary N) is 1. The number of thiazole rings is 1. The van der Waals surface area contributed by atoms with E-state index in [2.05, 4.69) is 36.3 Å². The van der Waals surface area contributed by atoms with Crippen LogP contribution in [0.2, 0.25) is 0 Å². The van der Waals surface area contributed by atoms with Crippen molar-refractivity contribution in [2.75, 3.05) is 6.54 Å². The van der Waals surface area contributed by atoms with E-state index in [0.29, 0.717) is 12.5 Å². The third-order valence-electron chi connectivity index (χ3n) is 4.98. The fraction of sp³-hybridized carbons (Fsp3) is 0.524. The van der Waals surface area contributed by atoms with Gasteiger partial charge in [0.05, 0.1) is 10.7 Å². The minimum atomic E-state index is 0.275. The first-order chi connectivity index (χ1) is 12.7. The van der Waals surface area contributed by atoms with Crippen molar-refractivity contribution in [3.63, 3.8) is 0 Å². The Hall–Kier alpha value is -1.72. The van der Waals surface area contributed by atoms with Crippen LogP contribution in [0.4, 0.5) is 0 Å². The number of hydrogen-bond acceptors (Lipinski definition) is 4. The molecule has 1 atom stereocenters. The molecule has 0 radical (unpaired) electrons. The van der Waals surface area contributed by atoms with Crippen LogP contribution in [0.3, 0.4) is 0 Å². The molecule has 0 bridgehead atoms. The summed E-state index contributed by atoms with van der Waals surface area (Å²) in [5, 5.41) is 4.91. The average molecular weight is 372 g/mol. The Morgan fingerprint density at radius 3 is 2.85 bits per heavy atom. The second-order valence-corrected chi connectivity index (χ2v) is 8.24. The normalized spacial score (nSPS) is 18.2. The second-order valence-electron chi connectivity index (χ2n) is 7.07. The Labute approximate surface area is 160 Å². The molecule has 1 N–H and O–H groups in total. The smallest absolute Gasteiger partial charge is 0.222 e. The number of nitrogens with zero attached hydrogens (tertiary/aromatic N) is 2. The van der Waals surface area contributed by atoms with Crippen LogP contribution < -0.4 is 5.32 Å². The van der Waals surface area contributed by atoms with Gasteiger partial charge in [-0.05, 0) is 38.2 Å². The summed E-state index contributed by atoms with van der Waals surface area (Å²) in [5.74, 6) is 0.275. The van der Waals surface area contributed by atoms with Crippen LogP contribution in [-0.4, -0.2) is 28.4 Å². The lowest BCUT2D eigenvalue weighted by atomic mass is 10.1. The van der Waals surface area contributed by atoms with Crippen LogP contribution in [-0.2, 0) is 24.3 Å². The molecule has 1 aromatic heterocycles. The van der Waals surface area contributed by atoms with E-state index >= 15 is 0 Å². The predicted molar refractivity (Wildman–Crippen MR) is 107 cm³/mol. The summed E-state index contributed by atoms with van der Waals surface area (Å²) in [5.41, 5.74) is 2.36. The molecule has 5 heteroatoms. The van der Waals surface area contributed by atoms with E-state index in [-0.39, 0.29) is 5.91 Å². The topological polar surface area (TPSA) is 45.2 Å². The van der Waals surface area contributed by atoms with Gasteiger partial charge in [0.15, 0.2) is 0 Å². The summed E-state index contributed by atoms with van der Waals surface area (Å²) in [4.78, 5) is 20.5. The average Bonchev–Trinajstić information content (AvgIpc) is 2.90. The number of benzene rings is 1. The number of carbonyl (C=O) groups is 1. The number of rotatable bonds is 7. The fourth-order valence-corrected chi connectivity index (χ4v) is 4.54. The lowest BCUT2D eigenvalue weighted by Crippen LogP contribution is -2.31. The molecule has 0 spiro atoms. The largest absolute Gasteiger partial charge is 0.338 e. The highest BCUT2D eigenvalue weighted by atomic mass is 32.1. The summed E-state index contributed by atoms with van der Waals surface area (Å²) in [6, 6.07) is 10.7. The van der Waals surface area contributed by atoms with Crippen molar-refractivity contribution >= 4 is 17.2 Å². The molecule has 3 rings (SSSR count). The summed E-state index contributed by atoms with van der Waals surface area (Å²) in [6.45, 7) is 6.71. The Morgan fingerprint density at radius 2 is 2.08 bits per heavy atom. The van der Waals surface area contributed by atoms with Gasteiger partial charge >= 0.3 is 0 Å². The molecule has 2 aromatic rings. The number of hydrogen-bond donors (Lipinski definition) is 1. The number of aryl methyl sites for hydroxylation is 2.